The lowest BCUT2D eigenvalue weighted by Gasteiger charge is -2.37. The maximum atomic E-state index is 17.3. The largest absolute Gasteiger partial charge is 0.454 e. The van der Waals surface area contributed by atoms with Crippen molar-refractivity contribution >= 4 is 60.5 Å². The van der Waals surface area contributed by atoms with E-state index in [1.807, 2.05) is 104 Å². The molecule has 1 saturated heterocycles. The van der Waals surface area contributed by atoms with Crippen LogP contribution in [0.1, 0.15) is 56.3 Å². The van der Waals surface area contributed by atoms with Crippen LogP contribution in [-0.2, 0) is 39.4 Å². The molecule has 0 aromatic heterocycles. The van der Waals surface area contributed by atoms with Gasteiger partial charge in [0.05, 0.1) is 59.9 Å². The molecular formula is C59H51FN4O8Si. The molecule has 0 unspecified atom stereocenters. The molecule has 73 heavy (non-hydrogen) atoms. The quantitative estimate of drug-likeness (QED) is 0.118. The van der Waals surface area contributed by atoms with Gasteiger partial charge in [-0.25, -0.2) is 0 Å². The van der Waals surface area contributed by atoms with Crippen LogP contribution in [0.15, 0.2) is 164 Å². The van der Waals surface area contributed by atoms with E-state index in [2.05, 4.69) is 0 Å². The number of carbonyl (C=O) groups excluding carboxylic acids is 4. The van der Waals surface area contributed by atoms with Crippen molar-refractivity contribution in [1.29, 1.82) is 0 Å². The number of aliphatic hydroxyl groups is 1. The summed E-state index contributed by atoms with van der Waals surface area (Å²) < 4.78 is 37.0. The fraction of sp³-hybridized carbons (Fsp3) is 0.220. The van der Waals surface area contributed by atoms with Crippen LogP contribution in [0, 0.1) is 5.92 Å². The number of para-hydroxylation sites is 6. The van der Waals surface area contributed by atoms with Crippen molar-refractivity contribution in [2.45, 2.75) is 69.2 Å². The molecule has 1 N–H and O–H groups in total. The van der Waals surface area contributed by atoms with Crippen molar-refractivity contribution in [2.24, 2.45) is 5.92 Å². The van der Waals surface area contributed by atoms with Crippen molar-refractivity contribution in [3.05, 3.63) is 197 Å². The van der Waals surface area contributed by atoms with Gasteiger partial charge in [-0.2, -0.15) is 0 Å². The lowest BCUT2D eigenvalue weighted by atomic mass is 9.82. The summed E-state index contributed by atoms with van der Waals surface area (Å²) in [5.74, 6) is -0.273. The third-order valence-electron chi connectivity index (χ3n) is 15.3. The highest BCUT2D eigenvalue weighted by Crippen LogP contribution is 2.61. The Morgan fingerprint density at radius 1 is 0.671 bits per heavy atom. The minimum atomic E-state index is -3.76. The van der Waals surface area contributed by atoms with Crippen LogP contribution in [0.25, 0.3) is 0 Å². The third kappa shape index (κ3) is 7.53. The van der Waals surface area contributed by atoms with Gasteiger partial charge in [0, 0.05) is 34.9 Å². The number of amides is 4. The molecule has 14 heteroatoms. The van der Waals surface area contributed by atoms with Gasteiger partial charge >= 0.3 is 0 Å². The van der Waals surface area contributed by atoms with Gasteiger partial charge in [-0.15, -0.1) is 0 Å². The second-order valence-electron chi connectivity index (χ2n) is 20.0. The number of fused-ring (bicyclic) bond motifs is 7. The Hall–Kier alpha value is -7.91. The van der Waals surface area contributed by atoms with Gasteiger partial charge in [0.25, 0.3) is 17.7 Å². The van der Waals surface area contributed by atoms with Gasteiger partial charge in [-0.3, -0.25) is 29.0 Å². The Morgan fingerprint density at radius 3 is 1.81 bits per heavy atom. The highest BCUT2D eigenvalue weighted by molar-refractivity contribution is 6.72. The van der Waals surface area contributed by atoms with Gasteiger partial charge < -0.3 is 33.2 Å². The Bertz CT molecular complexity index is 3400. The number of carbonyl (C=O) groups is 4. The monoisotopic (exact) mass is 990 g/mol. The first-order chi connectivity index (χ1) is 35.3. The molecule has 4 amide bonds. The van der Waals surface area contributed by atoms with Crippen LogP contribution < -0.4 is 24.2 Å². The molecule has 5 aliphatic heterocycles. The number of rotatable bonds is 8. The number of aliphatic hydroxyl groups excluding tert-OH is 1. The zero-order valence-corrected chi connectivity index (χ0v) is 41.4. The second kappa shape index (κ2) is 17.7. The van der Waals surface area contributed by atoms with E-state index in [0.717, 1.165) is 16.7 Å². The molecular weight excluding hydrogens is 940 g/mol. The van der Waals surface area contributed by atoms with Crippen molar-refractivity contribution < 1.29 is 42.6 Å². The maximum absolute atomic E-state index is 17.3. The smallest absolute Gasteiger partial charge is 0.266 e. The zero-order chi connectivity index (χ0) is 50.3. The third-order valence-corrected chi connectivity index (χ3v) is 17.8. The normalized spacial score (nSPS) is 21.8. The predicted octanol–water partition coefficient (Wildman–Crippen LogP) is 11.5. The van der Waals surface area contributed by atoms with E-state index in [1.165, 1.54) is 0 Å². The number of anilines is 5. The molecule has 1 fully saturated rings. The summed E-state index contributed by atoms with van der Waals surface area (Å²) in [6.07, 6.45) is -0.742. The molecule has 366 valence electrons. The second-order valence-corrected chi connectivity index (χ2v) is 23.8. The van der Waals surface area contributed by atoms with Gasteiger partial charge in [-0.05, 0) is 115 Å². The maximum Gasteiger partial charge on any atom is 0.266 e. The summed E-state index contributed by atoms with van der Waals surface area (Å²) in [5.41, 5.74) is 3.97. The molecule has 5 atom stereocenters. The summed E-state index contributed by atoms with van der Waals surface area (Å²) in [6.45, 7) is 5.15. The first-order valence-corrected chi connectivity index (χ1v) is 27.6. The molecule has 5 aliphatic rings. The number of hydrogen-bond donors (Lipinski definition) is 1. The van der Waals surface area contributed by atoms with E-state index in [0.29, 0.717) is 74.5 Å². The molecule has 0 bridgehead atoms. The van der Waals surface area contributed by atoms with Crippen molar-refractivity contribution in [2.75, 3.05) is 21.3 Å². The van der Waals surface area contributed by atoms with E-state index in [9.17, 15) is 19.5 Å². The van der Waals surface area contributed by atoms with Crippen LogP contribution in [0.2, 0.25) is 18.6 Å². The van der Waals surface area contributed by atoms with E-state index in [4.69, 9.17) is 14.2 Å². The minimum absolute atomic E-state index is 0.0720. The number of nitrogens with zero attached hydrogens (tertiary/aromatic N) is 4. The van der Waals surface area contributed by atoms with Crippen LogP contribution in [0.3, 0.4) is 0 Å². The van der Waals surface area contributed by atoms with Gasteiger partial charge in [0.2, 0.25) is 14.3 Å². The van der Waals surface area contributed by atoms with Crippen LogP contribution >= 0.6 is 0 Å². The van der Waals surface area contributed by atoms with E-state index >= 15 is 8.90 Å². The number of ether oxygens (including phenoxy) is 3. The number of halogens is 1. The van der Waals surface area contributed by atoms with Crippen molar-refractivity contribution in [1.82, 2.24) is 4.90 Å². The summed E-state index contributed by atoms with van der Waals surface area (Å²) in [5, 5.41) is 10.6. The molecule has 7 aromatic rings. The Kier molecular flexibility index (Phi) is 11.2. The number of benzene rings is 7. The van der Waals surface area contributed by atoms with Crippen LogP contribution in [-0.4, -0.2) is 60.8 Å². The van der Waals surface area contributed by atoms with E-state index in [-0.39, 0.29) is 43.8 Å². The summed E-state index contributed by atoms with van der Waals surface area (Å²) in [4.78, 5) is 66.1. The lowest BCUT2D eigenvalue weighted by molar-refractivity contribution is -0.151. The molecule has 7 aromatic carbocycles. The first kappa shape index (κ1) is 46.2. The molecule has 0 radical (unpaired) electrons. The van der Waals surface area contributed by atoms with Gasteiger partial charge in [-0.1, -0.05) is 91.9 Å². The summed E-state index contributed by atoms with van der Waals surface area (Å²) in [7, 11) is -3.76. The van der Waals surface area contributed by atoms with Gasteiger partial charge in [0.15, 0.2) is 17.1 Å². The highest BCUT2D eigenvalue weighted by Gasteiger charge is 2.67. The van der Waals surface area contributed by atoms with Crippen LogP contribution in [0.4, 0.5) is 32.5 Å². The molecule has 12 rings (SSSR count). The standard InChI is InChI=1S/C59H51FN4O8Si/c1-36-55(73(2,3)60)53(32-54(66)61-34-39-15-5-4-14-38(39)30-42(61)35-65)72-59(36)45-31-41(64-48-19-9-13-23-52(48)71-50-21-11-7-17-44(50)57(64)68)28-29-46(45)62(58(59)69)33-37-24-26-40(27-25-37)63-47-18-8-12-22-51(47)70-49-20-10-6-16-43(49)56(63)67/h4-29,31,36,42,53,55,65H,30,32-35H2,1-3H3/t36-,42+,53+,55-,59+/m1/s1. The lowest BCUT2D eigenvalue weighted by Crippen LogP contribution is -2.48. The fourth-order valence-electron chi connectivity index (χ4n) is 11.9. The van der Waals surface area contributed by atoms with Gasteiger partial charge in [0.1, 0.15) is 11.5 Å². The molecule has 5 heterocycles. The summed E-state index contributed by atoms with van der Waals surface area (Å²) in [6, 6.07) is 48.9. The highest BCUT2D eigenvalue weighted by atomic mass is 28.4. The molecule has 0 saturated carbocycles. The van der Waals surface area contributed by atoms with Crippen molar-refractivity contribution in [3.63, 3.8) is 0 Å². The molecule has 12 nitrogen and oxygen atoms in total. The molecule has 0 aliphatic carbocycles. The SMILES string of the molecule is C[C@@H]1[C@@H]([Si](C)(C)F)[C@H](CC(=O)N2Cc3ccccc3C[C@H]2CO)O[C@@]12C(=O)N(Cc1ccc(N3C(=O)c4ccccc4Oc4ccccc43)cc1)c1ccc(N3C(=O)c4ccccc4Oc4ccccc43)cc12. The Morgan fingerprint density at radius 2 is 1.21 bits per heavy atom. The zero-order valence-electron chi connectivity index (χ0n) is 40.4. The Labute approximate surface area is 422 Å². The van der Waals surface area contributed by atoms with E-state index in [1.54, 1.807) is 99.4 Å². The first-order valence-electron chi connectivity index (χ1n) is 24.6. The summed E-state index contributed by atoms with van der Waals surface area (Å²) >= 11 is 0. The molecule has 1 spiro atoms. The van der Waals surface area contributed by atoms with Crippen molar-refractivity contribution in [3.8, 4) is 23.0 Å². The van der Waals surface area contributed by atoms with Crippen LogP contribution in [0.5, 0.6) is 23.0 Å². The Balaban J connectivity index is 0.946. The average Bonchev–Trinajstić information content (AvgIpc) is 3.72. The fourth-order valence-corrected chi connectivity index (χ4v) is 14.4. The van der Waals surface area contributed by atoms with E-state index < -0.39 is 43.5 Å². The average molecular weight is 991 g/mol. The number of hydrogen-bond acceptors (Lipinski definition) is 8. The predicted molar refractivity (Wildman–Crippen MR) is 277 cm³/mol. The topological polar surface area (TPSA) is 129 Å². The minimum Gasteiger partial charge on any atom is -0.454 e.